The Morgan fingerprint density at radius 2 is 2.31 bits per heavy atom. The van der Waals surface area contributed by atoms with Crippen molar-refractivity contribution in [3.05, 3.63) is 17.8 Å². The fraction of sp³-hybridized carbons (Fsp3) is 0.500. The number of rotatable bonds is 3. The maximum absolute atomic E-state index is 8.74. The van der Waals surface area contributed by atoms with Crippen molar-refractivity contribution in [2.45, 2.75) is 25.8 Å². The molecule has 1 aromatic heterocycles. The van der Waals surface area contributed by atoms with E-state index < -0.39 is 0 Å². The van der Waals surface area contributed by atoms with Gasteiger partial charge in [-0.3, -0.25) is 0 Å². The smallest absolute Gasteiger partial charge is 0.151 e. The minimum atomic E-state index is 0.461. The van der Waals surface area contributed by atoms with Crippen LogP contribution in [0.5, 0.6) is 0 Å². The summed E-state index contributed by atoms with van der Waals surface area (Å²) in [6, 6.07) is 4.18. The van der Waals surface area contributed by atoms with E-state index >= 15 is 0 Å². The maximum atomic E-state index is 8.74. The maximum Gasteiger partial charge on any atom is 0.151 e. The summed E-state index contributed by atoms with van der Waals surface area (Å²) in [6.45, 7) is 2.19. The molecule has 0 aliphatic heterocycles. The summed E-state index contributed by atoms with van der Waals surface area (Å²) in [5, 5.41) is 8.74. The van der Waals surface area contributed by atoms with Gasteiger partial charge in [0, 0.05) is 19.3 Å². The lowest BCUT2D eigenvalue weighted by Gasteiger charge is -2.26. The Labute approximate surface area is 95.7 Å². The van der Waals surface area contributed by atoms with E-state index in [9.17, 15) is 0 Å². The Morgan fingerprint density at radius 3 is 2.81 bits per heavy atom. The fourth-order valence-electron chi connectivity index (χ4n) is 1.92. The van der Waals surface area contributed by atoms with Gasteiger partial charge in [-0.1, -0.05) is 0 Å². The van der Waals surface area contributed by atoms with Crippen LogP contribution in [0.3, 0.4) is 0 Å². The quantitative estimate of drug-likeness (QED) is 0.836. The SMILES string of the molecule is CC(C1CC1)N(C)c1ncc(C#N)cc1N. The molecule has 0 saturated heterocycles. The first-order valence-corrected chi connectivity index (χ1v) is 5.52. The van der Waals surface area contributed by atoms with E-state index in [1.165, 1.54) is 12.8 Å². The van der Waals surface area contributed by atoms with Crippen molar-refractivity contribution in [1.82, 2.24) is 4.98 Å². The lowest BCUT2D eigenvalue weighted by Crippen LogP contribution is -2.31. The van der Waals surface area contributed by atoms with Gasteiger partial charge in [0.15, 0.2) is 5.82 Å². The summed E-state index contributed by atoms with van der Waals surface area (Å²) in [6.07, 6.45) is 4.16. The van der Waals surface area contributed by atoms with E-state index in [4.69, 9.17) is 11.0 Å². The standard InChI is InChI=1S/C12H16N4/c1-8(10-3-4-10)16(2)12-11(14)5-9(6-13)7-15-12/h5,7-8,10H,3-4,14H2,1-2H3. The molecule has 0 aromatic carbocycles. The van der Waals surface area contributed by atoms with Gasteiger partial charge in [0.25, 0.3) is 0 Å². The van der Waals surface area contributed by atoms with Crippen LogP contribution in [0.1, 0.15) is 25.3 Å². The van der Waals surface area contributed by atoms with Gasteiger partial charge in [-0.15, -0.1) is 0 Å². The molecule has 2 rings (SSSR count). The van der Waals surface area contributed by atoms with E-state index in [0.717, 1.165) is 11.7 Å². The molecule has 1 aromatic rings. The number of hydrogen-bond donors (Lipinski definition) is 1. The molecule has 1 saturated carbocycles. The van der Waals surface area contributed by atoms with Gasteiger partial charge in [0.05, 0.1) is 11.3 Å². The van der Waals surface area contributed by atoms with Crippen molar-refractivity contribution < 1.29 is 0 Å². The van der Waals surface area contributed by atoms with Crippen LogP contribution >= 0.6 is 0 Å². The van der Waals surface area contributed by atoms with E-state index in [2.05, 4.69) is 16.8 Å². The molecule has 4 nitrogen and oxygen atoms in total. The molecule has 4 heteroatoms. The summed E-state index contributed by atoms with van der Waals surface area (Å²) in [5.74, 6) is 1.54. The Bertz CT molecular complexity index is 431. The van der Waals surface area contributed by atoms with Gasteiger partial charge in [0.2, 0.25) is 0 Å². The van der Waals surface area contributed by atoms with Crippen molar-refractivity contribution in [2.75, 3.05) is 17.7 Å². The molecule has 16 heavy (non-hydrogen) atoms. The summed E-state index contributed by atoms with van der Waals surface area (Å²) >= 11 is 0. The Hall–Kier alpha value is -1.76. The summed E-state index contributed by atoms with van der Waals surface area (Å²) in [4.78, 5) is 6.36. The largest absolute Gasteiger partial charge is 0.396 e. The highest BCUT2D eigenvalue weighted by atomic mass is 15.2. The number of nitrogens with two attached hydrogens (primary N) is 1. The molecule has 1 aliphatic rings. The minimum Gasteiger partial charge on any atom is -0.396 e. The van der Waals surface area contributed by atoms with Crippen molar-refractivity contribution in [2.24, 2.45) is 5.92 Å². The van der Waals surface area contributed by atoms with Gasteiger partial charge in [-0.05, 0) is 31.7 Å². The average molecular weight is 216 g/mol. The molecule has 1 fully saturated rings. The molecule has 0 radical (unpaired) electrons. The van der Waals surface area contributed by atoms with Gasteiger partial charge < -0.3 is 10.6 Å². The third-order valence-electron chi connectivity index (χ3n) is 3.27. The van der Waals surface area contributed by atoms with Crippen LogP contribution in [-0.4, -0.2) is 18.1 Å². The van der Waals surface area contributed by atoms with Crippen LogP contribution in [0.15, 0.2) is 12.3 Å². The number of nitrogens with zero attached hydrogens (tertiary/aromatic N) is 3. The van der Waals surface area contributed by atoms with Gasteiger partial charge >= 0.3 is 0 Å². The van der Waals surface area contributed by atoms with E-state index in [1.807, 2.05) is 13.1 Å². The van der Waals surface area contributed by atoms with Gasteiger partial charge in [-0.2, -0.15) is 5.26 Å². The predicted molar refractivity (Wildman–Crippen MR) is 64.0 cm³/mol. The second-order valence-electron chi connectivity index (χ2n) is 4.44. The zero-order chi connectivity index (χ0) is 11.7. The molecular weight excluding hydrogens is 200 g/mol. The zero-order valence-corrected chi connectivity index (χ0v) is 9.64. The first-order chi connectivity index (χ1) is 7.63. The zero-order valence-electron chi connectivity index (χ0n) is 9.64. The third-order valence-corrected chi connectivity index (χ3v) is 3.27. The lowest BCUT2D eigenvalue weighted by molar-refractivity contribution is 0.604. The number of hydrogen-bond acceptors (Lipinski definition) is 4. The number of nitriles is 1. The highest BCUT2D eigenvalue weighted by Gasteiger charge is 2.31. The van der Waals surface area contributed by atoms with E-state index in [0.29, 0.717) is 17.3 Å². The number of nitrogen functional groups attached to an aromatic ring is 1. The second-order valence-corrected chi connectivity index (χ2v) is 4.44. The predicted octanol–water partition coefficient (Wildman–Crippen LogP) is 1.77. The number of anilines is 2. The molecule has 84 valence electrons. The minimum absolute atomic E-state index is 0.461. The molecule has 0 bridgehead atoms. The molecule has 0 spiro atoms. The van der Waals surface area contributed by atoms with Crippen LogP contribution in [0.25, 0.3) is 0 Å². The highest BCUT2D eigenvalue weighted by Crippen LogP contribution is 2.36. The molecule has 0 amide bonds. The van der Waals surface area contributed by atoms with Crippen molar-refractivity contribution in [3.8, 4) is 6.07 Å². The Kier molecular flexibility index (Phi) is 2.69. The van der Waals surface area contributed by atoms with Crippen LogP contribution in [0, 0.1) is 17.2 Å². The van der Waals surface area contributed by atoms with Crippen LogP contribution < -0.4 is 10.6 Å². The van der Waals surface area contributed by atoms with Gasteiger partial charge in [-0.25, -0.2) is 4.98 Å². The molecule has 2 N–H and O–H groups in total. The summed E-state index contributed by atoms with van der Waals surface area (Å²) < 4.78 is 0. The highest BCUT2D eigenvalue weighted by molar-refractivity contribution is 5.64. The molecule has 1 heterocycles. The first-order valence-electron chi connectivity index (χ1n) is 5.52. The second kappa shape index (κ2) is 4.01. The van der Waals surface area contributed by atoms with E-state index in [-0.39, 0.29) is 0 Å². The van der Waals surface area contributed by atoms with Crippen molar-refractivity contribution in [3.63, 3.8) is 0 Å². The summed E-state index contributed by atoms with van der Waals surface area (Å²) in [7, 11) is 2.01. The van der Waals surface area contributed by atoms with Crippen LogP contribution in [-0.2, 0) is 0 Å². The Balaban J connectivity index is 2.22. The van der Waals surface area contributed by atoms with E-state index in [1.54, 1.807) is 12.3 Å². The topological polar surface area (TPSA) is 65.9 Å². The number of pyridine rings is 1. The van der Waals surface area contributed by atoms with Crippen LogP contribution in [0.2, 0.25) is 0 Å². The normalized spacial score (nSPS) is 16.6. The lowest BCUT2D eigenvalue weighted by atomic mass is 10.2. The molecular formula is C12H16N4. The fourth-order valence-corrected chi connectivity index (χ4v) is 1.92. The average Bonchev–Trinajstić information content (AvgIpc) is 3.10. The molecule has 1 atom stereocenters. The third kappa shape index (κ3) is 1.94. The van der Waals surface area contributed by atoms with Crippen molar-refractivity contribution >= 4 is 11.5 Å². The van der Waals surface area contributed by atoms with Crippen molar-refractivity contribution in [1.29, 1.82) is 5.26 Å². The first kappa shape index (κ1) is 10.7. The molecule has 1 aliphatic carbocycles. The summed E-state index contributed by atoms with van der Waals surface area (Å²) in [5.41, 5.74) is 6.99. The molecule has 1 unspecified atom stereocenters. The van der Waals surface area contributed by atoms with Gasteiger partial charge in [0.1, 0.15) is 6.07 Å². The van der Waals surface area contributed by atoms with Crippen LogP contribution in [0.4, 0.5) is 11.5 Å². The monoisotopic (exact) mass is 216 g/mol. The number of aromatic nitrogens is 1. The Morgan fingerprint density at radius 1 is 1.62 bits per heavy atom.